The minimum atomic E-state index is -0.0570. The van der Waals surface area contributed by atoms with Crippen molar-refractivity contribution in [3.63, 3.8) is 0 Å². The zero-order valence-electron chi connectivity index (χ0n) is 16.5. The molecule has 1 aromatic heterocycles. The van der Waals surface area contributed by atoms with Crippen LogP contribution in [-0.2, 0) is 4.79 Å². The molecule has 0 spiro atoms. The largest absolute Gasteiger partial charge is 0.348 e. The number of fused-ring (bicyclic) bond motifs is 1. The molecule has 1 fully saturated rings. The third-order valence-corrected chi connectivity index (χ3v) is 5.61. The predicted molar refractivity (Wildman–Crippen MR) is 117 cm³/mol. The van der Waals surface area contributed by atoms with Crippen LogP contribution in [0.2, 0.25) is 5.02 Å². The van der Waals surface area contributed by atoms with Gasteiger partial charge in [0.2, 0.25) is 5.91 Å². The number of benzene rings is 2. The van der Waals surface area contributed by atoms with Gasteiger partial charge < -0.3 is 10.2 Å². The van der Waals surface area contributed by atoms with Gasteiger partial charge in [0.05, 0.1) is 22.8 Å². The van der Waals surface area contributed by atoms with Crippen LogP contribution in [0.25, 0.3) is 10.9 Å². The van der Waals surface area contributed by atoms with Gasteiger partial charge in [-0.1, -0.05) is 35.9 Å². The third-order valence-electron chi connectivity index (χ3n) is 5.28. The molecule has 1 N–H and O–H groups in total. The normalized spacial score (nSPS) is 20.0. The van der Waals surface area contributed by atoms with E-state index in [9.17, 15) is 4.79 Å². The molecule has 1 aliphatic rings. The summed E-state index contributed by atoms with van der Waals surface area (Å²) in [6, 6.07) is 15.8. The van der Waals surface area contributed by atoms with Crippen molar-refractivity contribution < 1.29 is 4.79 Å². The molecule has 0 aliphatic carbocycles. The number of carbonyl (C=O) groups excluding carboxylic acids is 1. The molecule has 29 heavy (non-hydrogen) atoms. The minimum absolute atomic E-state index is 0.0570. The highest BCUT2D eigenvalue weighted by atomic mass is 35.5. The summed E-state index contributed by atoms with van der Waals surface area (Å²) in [7, 11) is 0. The number of nitrogens with zero attached hydrogens (tertiary/aromatic N) is 4. The number of carbonyl (C=O) groups is 1. The van der Waals surface area contributed by atoms with Gasteiger partial charge in [-0.3, -0.25) is 9.69 Å². The van der Waals surface area contributed by atoms with E-state index in [-0.39, 0.29) is 18.0 Å². The highest BCUT2D eigenvalue weighted by molar-refractivity contribution is 6.33. The molecule has 1 amide bonds. The summed E-state index contributed by atoms with van der Waals surface area (Å²) < 4.78 is 0. The Morgan fingerprint density at radius 1 is 1.07 bits per heavy atom. The number of piperazine rings is 1. The third kappa shape index (κ3) is 4.18. The molecule has 0 saturated carbocycles. The molecule has 2 aromatic carbocycles. The summed E-state index contributed by atoms with van der Waals surface area (Å²) in [5, 5.41) is 4.51. The van der Waals surface area contributed by atoms with Crippen molar-refractivity contribution in [1.29, 1.82) is 0 Å². The van der Waals surface area contributed by atoms with Crippen molar-refractivity contribution in [3.8, 4) is 0 Å². The number of anilines is 2. The van der Waals surface area contributed by atoms with Crippen LogP contribution in [0.5, 0.6) is 0 Å². The predicted octanol–water partition coefficient (Wildman–Crippen LogP) is 3.82. The second-order valence-corrected chi connectivity index (χ2v) is 7.95. The maximum absolute atomic E-state index is 12.5. The second-order valence-electron chi connectivity index (χ2n) is 7.54. The van der Waals surface area contributed by atoms with Crippen molar-refractivity contribution in [1.82, 2.24) is 14.9 Å². The van der Waals surface area contributed by atoms with Gasteiger partial charge in [0.25, 0.3) is 0 Å². The summed E-state index contributed by atoms with van der Waals surface area (Å²) in [5.41, 5.74) is 1.59. The Morgan fingerprint density at radius 3 is 2.52 bits per heavy atom. The molecular weight excluding hydrogens is 386 g/mol. The number of hydrogen-bond acceptors (Lipinski definition) is 5. The smallest absolute Gasteiger partial charge is 0.238 e. The summed E-state index contributed by atoms with van der Waals surface area (Å²) in [4.78, 5) is 26.0. The van der Waals surface area contributed by atoms with Crippen molar-refractivity contribution in [2.75, 3.05) is 29.9 Å². The molecule has 0 bridgehead atoms. The minimum Gasteiger partial charge on any atom is -0.348 e. The first-order valence-electron chi connectivity index (χ1n) is 9.77. The van der Waals surface area contributed by atoms with Gasteiger partial charge in [0, 0.05) is 30.6 Å². The topological polar surface area (TPSA) is 61.4 Å². The molecule has 2 atom stereocenters. The number of amides is 1. The van der Waals surface area contributed by atoms with E-state index in [0.29, 0.717) is 17.3 Å². The van der Waals surface area contributed by atoms with E-state index in [0.717, 1.165) is 29.8 Å². The summed E-state index contributed by atoms with van der Waals surface area (Å²) in [5.74, 6) is 0.897. The quantitative estimate of drug-likeness (QED) is 0.709. The van der Waals surface area contributed by atoms with E-state index in [1.807, 2.05) is 36.4 Å². The average molecular weight is 410 g/mol. The first kappa shape index (κ1) is 19.6. The van der Waals surface area contributed by atoms with Gasteiger partial charge in [0.15, 0.2) is 0 Å². The first-order chi connectivity index (χ1) is 14.0. The average Bonchev–Trinajstić information content (AvgIpc) is 2.69. The van der Waals surface area contributed by atoms with E-state index in [4.69, 9.17) is 11.6 Å². The van der Waals surface area contributed by atoms with Crippen LogP contribution in [0.4, 0.5) is 11.5 Å². The van der Waals surface area contributed by atoms with Crippen LogP contribution in [0.1, 0.15) is 13.8 Å². The molecular formula is C22H24ClN5O. The lowest BCUT2D eigenvalue weighted by Crippen LogP contribution is -2.58. The van der Waals surface area contributed by atoms with Crippen LogP contribution >= 0.6 is 11.6 Å². The number of para-hydroxylation sites is 2. The molecule has 1 saturated heterocycles. The fourth-order valence-corrected chi connectivity index (χ4v) is 4.31. The zero-order valence-corrected chi connectivity index (χ0v) is 17.3. The van der Waals surface area contributed by atoms with E-state index in [1.54, 1.807) is 12.4 Å². The van der Waals surface area contributed by atoms with E-state index in [2.05, 4.69) is 45.0 Å². The molecule has 1 aliphatic heterocycles. The van der Waals surface area contributed by atoms with E-state index < -0.39 is 0 Å². The van der Waals surface area contributed by atoms with Crippen molar-refractivity contribution in [3.05, 3.63) is 59.9 Å². The van der Waals surface area contributed by atoms with Crippen molar-refractivity contribution in [2.45, 2.75) is 25.9 Å². The van der Waals surface area contributed by atoms with Gasteiger partial charge >= 0.3 is 0 Å². The Bertz CT molecular complexity index is 1010. The van der Waals surface area contributed by atoms with Gasteiger partial charge in [-0.25, -0.2) is 9.97 Å². The number of nitrogens with one attached hydrogen (secondary N) is 1. The fourth-order valence-electron chi connectivity index (χ4n) is 4.13. The first-order valence-corrected chi connectivity index (χ1v) is 10.2. The second kappa shape index (κ2) is 8.35. The highest BCUT2D eigenvalue weighted by Gasteiger charge is 2.32. The SMILES string of the molecule is C[C@@H]1CN(CC(=O)Nc2ccccc2Cl)C[C@H](C)N1c1ncnc2ccccc12. The molecule has 0 radical (unpaired) electrons. The Labute approximate surface area is 175 Å². The maximum Gasteiger partial charge on any atom is 0.238 e. The Morgan fingerprint density at radius 2 is 1.76 bits per heavy atom. The van der Waals surface area contributed by atoms with Crippen LogP contribution < -0.4 is 10.2 Å². The van der Waals surface area contributed by atoms with Gasteiger partial charge in [-0.2, -0.15) is 0 Å². The Kier molecular flexibility index (Phi) is 5.65. The Balaban J connectivity index is 1.46. The molecule has 0 unspecified atom stereocenters. The molecule has 6 nitrogen and oxygen atoms in total. The zero-order chi connectivity index (χ0) is 20.4. The van der Waals surface area contributed by atoms with Crippen molar-refractivity contribution in [2.24, 2.45) is 0 Å². The molecule has 150 valence electrons. The molecule has 3 aromatic rings. The van der Waals surface area contributed by atoms with Crippen LogP contribution in [0, 0.1) is 0 Å². The standard InChI is InChI=1S/C22H24ClN5O/c1-15-11-27(13-21(29)26-20-10-6-4-8-18(20)23)12-16(2)28(15)22-17-7-3-5-9-19(17)24-14-25-22/h3-10,14-16H,11-13H2,1-2H3,(H,26,29)/t15-,16+. The lowest BCUT2D eigenvalue weighted by Gasteiger charge is -2.45. The molecule has 2 heterocycles. The Hall–Kier alpha value is -2.70. The number of hydrogen-bond donors (Lipinski definition) is 1. The van der Waals surface area contributed by atoms with Gasteiger partial charge in [0.1, 0.15) is 12.1 Å². The lowest BCUT2D eigenvalue weighted by molar-refractivity contribution is -0.117. The highest BCUT2D eigenvalue weighted by Crippen LogP contribution is 2.29. The fraction of sp³-hybridized carbons (Fsp3) is 0.318. The molecule has 4 rings (SSSR count). The number of rotatable bonds is 4. The van der Waals surface area contributed by atoms with Gasteiger partial charge in [-0.15, -0.1) is 0 Å². The van der Waals surface area contributed by atoms with Crippen LogP contribution in [-0.4, -0.2) is 52.5 Å². The van der Waals surface area contributed by atoms with Gasteiger partial charge in [-0.05, 0) is 38.1 Å². The monoisotopic (exact) mass is 409 g/mol. The number of halogens is 1. The van der Waals surface area contributed by atoms with Crippen LogP contribution in [0.3, 0.4) is 0 Å². The summed E-state index contributed by atoms with van der Waals surface area (Å²) >= 11 is 6.15. The summed E-state index contributed by atoms with van der Waals surface area (Å²) in [6.45, 7) is 6.23. The maximum atomic E-state index is 12.5. The van der Waals surface area contributed by atoms with E-state index in [1.165, 1.54) is 0 Å². The van der Waals surface area contributed by atoms with Crippen molar-refractivity contribution >= 4 is 39.9 Å². The number of aromatic nitrogens is 2. The van der Waals surface area contributed by atoms with Crippen LogP contribution in [0.15, 0.2) is 54.9 Å². The lowest BCUT2D eigenvalue weighted by atomic mass is 10.1. The molecule has 7 heteroatoms. The van der Waals surface area contributed by atoms with E-state index >= 15 is 0 Å². The summed E-state index contributed by atoms with van der Waals surface area (Å²) in [6.07, 6.45) is 1.63.